The highest BCUT2D eigenvalue weighted by molar-refractivity contribution is 5.90. The summed E-state index contributed by atoms with van der Waals surface area (Å²) < 4.78 is 10.6. The van der Waals surface area contributed by atoms with Crippen molar-refractivity contribution in [3.63, 3.8) is 0 Å². The molecule has 0 saturated heterocycles. The predicted octanol–water partition coefficient (Wildman–Crippen LogP) is 2.49. The molecule has 0 aliphatic rings. The van der Waals surface area contributed by atoms with Crippen LogP contribution in [0.4, 0.5) is 0 Å². The smallest absolute Gasteiger partial charge is 0.336 e. The lowest BCUT2D eigenvalue weighted by molar-refractivity contribution is 0.0694. The molecule has 0 spiro atoms. The van der Waals surface area contributed by atoms with Crippen LogP contribution in [0.15, 0.2) is 12.1 Å². The van der Waals surface area contributed by atoms with E-state index in [2.05, 4.69) is 0 Å². The summed E-state index contributed by atoms with van der Waals surface area (Å²) in [4.78, 5) is 11.0. The minimum absolute atomic E-state index is 0.00699. The largest absolute Gasteiger partial charge is 0.497 e. The van der Waals surface area contributed by atoms with Crippen molar-refractivity contribution in [1.29, 1.82) is 0 Å². The molecule has 0 atom stereocenters. The molecule has 0 bridgehead atoms. The zero-order chi connectivity index (χ0) is 12.3. The monoisotopic (exact) mass is 224 g/mol. The third-order valence-electron chi connectivity index (χ3n) is 2.16. The Bertz CT molecular complexity index is 396. The Morgan fingerprint density at radius 1 is 1.38 bits per heavy atom. The van der Waals surface area contributed by atoms with Gasteiger partial charge in [0, 0.05) is 11.6 Å². The number of methoxy groups -OCH3 is 1. The van der Waals surface area contributed by atoms with Crippen molar-refractivity contribution in [2.45, 2.75) is 26.9 Å². The van der Waals surface area contributed by atoms with E-state index in [-0.39, 0.29) is 11.7 Å². The molecule has 0 aliphatic heterocycles. The van der Waals surface area contributed by atoms with Crippen LogP contribution in [0.2, 0.25) is 0 Å². The Kier molecular flexibility index (Phi) is 3.77. The van der Waals surface area contributed by atoms with Crippen LogP contribution in [0, 0.1) is 6.92 Å². The van der Waals surface area contributed by atoms with E-state index in [9.17, 15) is 4.79 Å². The fourth-order valence-electron chi connectivity index (χ4n) is 1.38. The number of ether oxygens (including phenoxy) is 2. The number of carboxylic acids is 1. The molecule has 0 unspecified atom stereocenters. The molecule has 88 valence electrons. The summed E-state index contributed by atoms with van der Waals surface area (Å²) in [5, 5.41) is 9.03. The average Bonchev–Trinajstić information content (AvgIpc) is 2.19. The molecule has 4 nitrogen and oxygen atoms in total. The minimum Gasteiger partial charge on any atom is -0.497 e. The number of hydrogen-bond donors (Lipinski definition) is 1. The summed E-state index contributed by atoms with van der Waals surface area (Å²) in [6.45, 7) is 5.50. The van der Waals surface area contributed by atoms with Crippen LogP contribution in [0.5, 0.6) is 11.5 Å². The summed E-state index contributed by atoms with van der Waals surface area (Å²) in [6.07, 6.45) is -0.00699. The summed E-state index contributed by atoms with van der Waals surface area (Å²) >= 11 is 0. The first kappa shape index (κ1) is 12.4. The van der Waals surface area contributed by atoms with Crippen molar-refractivity contribution in [3.8, 4) is 11.5 Å². The van der Waals surface area contributed by atoms with E-state index < -0.39 is 5.97 Å². The number of benzene rings is 1. The molecule has 0 aliphatic carbocycles. The standard InChI is InChI=1S/C12H16O4/c1-7(2)16-11-6-9(15-4)5-10(8(11)3)12(13)14/h5-7H,1-4H3,(H,13,14). The summed E-state index contributed by atoms with van der Waals surface area (Å²) in [5.74, 6) is 0.0513. The van der Waals surface area contributed by atoms with Gasteiger partial charge in [0.1, 0.15) is 11.5 Å². The van der Waals surface area contributed by atoms with E-state index >= 15 is 0 Å². The van der Waals surface area contributed by atoms with Gasteiger partial charge in [-0.15, -0.1) is 0 Å². The number of rotatable bonds is 4. The van der Waals surface area contributed by atoms with Crippen LogP contribution in [0.3, 0.4) is 0 Å². The van der Waals surface area contributed by atoms with Crippen molar-refractivity contribution in [3.05, 3.63) is 23.3 Å². The van der Waals surface area contributed by atoms with Gasteiger partial charge in [0.25, 0.3) is 0 Å². The highest BCUT2D eigenvalue weighted by Crippen LogP contribution is 2.29. The van der Waals surface area contributed by atoms with Gasteiger partial charge in [-0.3, -0.25) is 0 Å². The molecule has 0 amide bonds. The Hall–Kier alpha value is -1.71. The number of carboxylic acid groups (broad SMARTS) is 1. The quantitative estimate of drug-likeness (QED) is 0.853. The highest BCUT2D eigenvalue weighted by atomic mass is 16.5. The maximum atomic E-state index is 11.0. The fraction of sp³-hybridized carbons (Fsp3) is 0.417. The van der Waals surface area contributed by atoms with Crippen LogP contribution in [-0.2, 0) is 0 Å². The molecule has 0 heterocycles. The van der Waals surface area contributed by atoms with Gasteiger partial charge in [0.05, 0.1) is 18.8 Å². The van der Waals surface area contributed by atoms with E-state index in [0.717, 1.165) is 0 Å². The van der Waals surface area contributed by atoms with Crippen LogP contribution in [0.1, 0.15) is 29.8 Å². The topological polar surface area (TPSA) is 55.8 Å². The second kappa shape index (κ2) is 4.88. The third kappa shape index (κ3) is 2.66. The van der Waals surface area contributed by atoms with Gasteiger partial charge in [-0.2, -0.15) is 0 Å². The first-order valence-corrected chi connectivity index (χ1v) is 5.04. The fourth-order valence-corrected chi connectivity index (χ4v) is 1.38. The van der Waals surface area contributed by atoms with Crippen molar-refractivity contribution >= 4 is 5.97 Å². The normalized spacial score (nSPS) is 10.3. The molecule has 0 aromatic heterocycles. The van der Waals surface area contributed by atoms with Crippen molar-refractivity contribution < 1.29 is 19.4 Å². The van der Waals surface area contributed by atoms with Crippen molar-refractivity contribution in [2.75, 3.05) is 7.11 Å². The number of hydrogen-bond acceptors (Lipinski definition) is 3. The molecule has 0 fully saturated rings. The maximum absolute atomic E-state index is 11.0. The molecular weight excluding hydrogens is 208 g/mol. The molecular formula is C12H16O4. The Labute approximate surface area is 94.8 Å². The van der Waals surface area contributed by atoms with Gasteiger partial charge < -0.3 is 14.6 Å². The average molecular weight is 224 g/mol. The first-order valence-electron chi connectivity index (χ1n) is 5.04. The molecule has 0 saturated carbocycles. The van der Waals surface area contributed by atoms with Gasteiger partial charge in [0.15, 0.2) is 0 Å². The van der Waals surface area contributed by atoms with Gasteiger partial charge in [-0.25, -0.2) is 4.79 Å². The number of carbonyl (C=O) groups is 1. The van der Waals surface area contributed by atoms with Crippen molar-refractivity contribution in [2.24, 2.45) is 0 Å². The molecule has 4 heteroatoms. The third-order valence-corrected chi connectivity index (χ3v) is 2.16. The van der Waals surface area contributed by atoms with E-state index in [1.807, 2.05) is 13.8 Å². The number of aromatic carboxylic acids is 1. The lowest BCUT2D eigenvalue weighted by Gasteiger charge is -2.15. The second-order valence-corrected chi connectivity index (χ2v) is 3.77. The van der Waals surface area contributed by atoms with Gasteiger partial charge in [0.2, 0.25) is 0 Å². The predicted molar refractivity (Wildman–Crippen MR) is 60.5 cm³/mol. The SMILES string of the molecule is COc1cc(OC(C)C)c(C)c(C(=O)O)c1. The second-order valence-electron chi connectivity index (χ2n) is 3.77. The summed E-state index contributed by atoms with van der Waals surface area (Å²) in [7, 11) is 1.50. The lowest BCUT2D eigenvalue weighted by Crippen LogP contribution is -2.09. The Morgan fingerprint density at radius 3 is 2.44 bits per heavy atom. The van der Waals surface area contributed by atoms with Gasteiger partial charge in [-0.1, -0.05) is 0 Å². The van der Waals surface area contributed by atoms with Gasteiger partial charge >= 0.3 is 5.97 Å². The minimum atomic E-state index is -0.981. The first-order chi connectivity index (χ1) is 7.45. The van der Waals surface area contributed by atoms with E-state index in [1.165, 1.54) is 13.2 Å². The van der Waals surface area contributed by atoms with Crippen molar-refractivity contribution in [1.82, 2.24) is 0 Å². The van der Waals surface area contributed by atoms with E-state index in [4.69, 9.17) is 14.6 Å². The molecule has 1 aromatic rings. The molecule has 1 rings (SSSR count). The molecule has 0 radical (unpaired) electrons. The zero-order valence-corrected chi connectivity index (χ0v) is 9.90. The maximum Gasteiger partial charge on any atom is 0.336 e. The molecule has 1 N–H and O–H groups in total. The van der Waals surface area contributed by atoms with Crippen LogP contribution in [-0.4, -0.2) is 24.3 Å². The van der Waals surface area contributed by atoms with Crippen LogP contribution in [0.25, 0.3) is 0 Å². The summed E-state index contributed by atoms with van der Waals surface area (Å²) in [5.41, 5.74) is 0.817. The van der Waals surface area contributed by atoms with Crippen LogP contribution >= 0.6 is 0 Å². The Balaban J connectivity index is 3.25. The lowest BCUT2D eigenvalue weighted by atomic mass is 10.1. The van der Waals surface area contributed by atoms with E-state index in [1.54, 1.807) is 13.0 Å². The molecule has 16 heavy (non-hydrogen) atoms. The van der Waals surface area contributed by atoms with Crippen LogP contribution < -0.4 is 9.47 Å². The zero-order valence-electron chi connectivity index (χ0n) is 9.90. The Morgan fingerprint density at radius 2 is 2.00 bits per heavy atom. The van der Waals surface area contributed by atoms with E-state index in [0.29, 0.717) is 17.1 Å². The molecule has 1 aromatic carbocycles. The highest BCUT2D eigenvalue weighted by Gasteiger charge is 2.14. The van der Waals surface area contributed by atoms with Gasteiger partial charge in [-0.05, 0) is 26.8 Å². The summed E-state index contributed by atoms with van der Waals surface area (Å²) in [6, 6.07) is 3.19.